The smallest absolute Gasteiger partial charge is 0.239 e. The highest BCUT2D eigenvalue weighted by Crippen LogP contribution is 2.15. The lowest BCUT2D eigenvalue weighted by molar-refractivity contribution is -0.131. The van der Waals surface area contributed by atoms with E-state index in [4.69, 9.17) is 5.73 Å². The summed E-state index contributed by atoms with van der Waals surface area (Å²) in [6.45, 7) is 1.95. The molecule has 0 spiro atoms. The molecule has 5 heteroatoms. The second-order valence-corrected chi connectivity index (χ2v) is 5.87. The molecule has 0 bridgehead atoms. The van der Waals surface area contributed by atoms with E-state index in [-0.39, 0.29) is 11.9 Å². The zero-order chi connectivity index (χ0) is 12.8. The van der Waals surface area contributed by atoms with Crippen LogP contribution in [0, 0.1) is 0 Å². The predicted octanol–water partition coefficient (Wildman–Crippen LogP) is 0.619. The Hall–Kier alpha value is -0.260. The molecule has 1 heterocycles. The van der Waals surface area contributed by atoms with E-state index in [2.05, 4.69) is 11.9 Å². The van der Waals surface area contributed by atoms with Crippen molar-refractivity contribution in [1.82, 2.24) is 9.80 Å². The topological polar surface area (TPSA) is 49.6 Å². The van der Waals surface area contributed by atoms with Crippen LogP contribution in [-0.4, -0.2) is 67.0 Å². The van der Waals surface area contributed by atoms with Crippen molar-refractivity contribution in [1.29, 1.82) is 0 Å². The van der Waals surface area contributed by atoms with Gasteiger partial charge in [-0.05, 0) is 44.9 Å². The molecule has 0 aromatic rings. The van der Waals surface area contributed by atoms with Gasteiger partial charge in [0.2, 0.25) is 5.91 Å². The lowest BCUT2D eigenvalue weighted by Gasteiger charge is -2.27. The van der Waals surface area contributed by atoms with Crippen molar-refractivity contribution in [3.8, 4) is 0 Å². The number of carbonyl (C=O) groups excluding carboxylic acids is 1. The molecule has 1 fully saturated rings. The normalized spacial score (nSPS) is 22.7. The molecule has 4 nitrogen and oxygen atoms in total. The van der Waals surface area contributed by atoms with Gasteiger partial charge in [-0.15, -0.1) is 0 Å². The summed E-state index contributed by atoms with van der Waals surface area (Å²) in [7, 11) is 4.00. The van der Waals surface area contributed by atoms with Gasteiger partial charge >= 0.3 is 0 Å². The molecule has 1 unspecified atom stereocenters. The van der Waals surface area contributed by atoms with E-state index in [0.29, 0.717) is 6.04 Å². The summed E-state index contributed by atoms with van der Waals surface area (Å²) in [6.07, 6.45) is 5.23. The van der Waals surface area contributed by atoms with E-state index < -0.39 is 0 Å². The molecule has 2 atom stereocenters. The third-order valence-corrected chi connectivity index (χ3v) is 4.13. The second-order valence-electron chi connectivity index (χ2n) is 4.88. The molecule has 0 aromatic carbocycles. The van der Waals surface area contributed by atoms with Crippen LogP contribution in [0.2, 0.25) is 0 Å². The van der Waals surface area contributed by atoms with Crippen LogP contribution in [0.1, 0.15) is 19.3 Å². The largest absolute Gasteiger partial charge is 0.343 e. The Morgan fingerprint density at radius 1 is 1.65 bits per heavy atom. The molecule has 1 amide bonds. The first-order valence-electron chi connectivity index (χ1n) is 6.26. The zero-order valence-electron chi connectivity index (χ0n) is 11.2. The van der Waals surface area contributed by atoms with E-state index in [0.717, 1.165) is 25.3 Å². The first-order chi connectivity index (χ1) is 8.06. The second kappa shape index (κ2) is 7.24. The minimum absolute atomic E-state index is 0.0827. The van der Waals surface area contributed by atoms with Crippen molar-refractivity contribution in [3.63, 3.8) is 0 Å². The maximum atomic E-state index is 12.0. The van der Waals surface area contributed by atoms with Crippen molar-refractivity contribution >= 4 is 17.7 Å². The molecule has 2 N–H and O–H groups in total. The standard InChI is InChI=1S/C12H25N3OS/c1-14-7-4-5-10(14)9-15(2)12(16)11(13)6-8-17-3/h10-11H,4-9,13H2,1-3H3/t10?,11-/m1/s1. The van der Waals surface area contributed by atoms with Crippen LogP contribution in [0.4, 0.5) is 0 Å². The van der Waals surface area contributed by atoms with Crippen molar-refractivity contribution in [2.45, 2.75) is 31.3 Å². The Bertz CT molecular complexity index is 250. The fraction of sp³-hybridized carbons (Fsp3) is 0.917. The number of nitrogens with two attached hydrogens (primary N) is 1. The van der Waals surface area contributed by atoms with Crippen LogP contribution in [-0.2, 0) is 4.79 Å². The first-order valence-corrected chi connectivity index (χ1v) is 7.65. The monoisotopic (exact) mass is 259 g/mol. The van der Waals surface area contributed by atoms with Crippen LogP contribution >= 0.6 is 11.8 Å². The first kappa shape index (κ1) is 14.8. The van der Waals surface area contributed by atoms with Crippen molar-refractivity contribution in [2.24, 2.45) is 5.73 Å². The minimum atomic E-state index is -0.334. The van der Waals surface area contributed by atoms with Gasteiger partial charge < -0.3 is 15.5 Å². The Morgan fingerprint density at radius 2 is 2.35 bits per heavy atom. The van der Waals surface area contributed by atoms with Crippen LogP contribution < -0.4 is 5.73 Å². The molecule has 0 aromatic heterocycles. The van der Waals surface area contributed by atoms with Crippen molar-refractivity contribution in [2.75, 3.05) is 39.2 Å². The van der Waals surface area contributed by atoms with Crippen LogP contribution in [0.3, 0.4) is 0 Å². The summed E-state index contributed by atoms with van der Waals surface area (Å²) < 4.78 is 0. The van der Waals surface area contributed by atoms with Gasteiger partial charge in [0, 0.05) is 19.6 Å². The summed E-state index contributed by atoms with van der Waals surface area (Å²) in [5, 5.41) is 0. The van der Waals surface area contributed by atoms with Gasteiger partial charge in [0.15, 0.2) is 0 Å². The van der Waals surface area contributed by atoms with E-state index in [1.165, 1.54) is 12.8 Å². The number of nitrogens with zero attached hydrogens (tertiary/aromatic N) is 2. The van der Waals surface area contributed by atoms with Gasteiger partial charge in [-0.2, -0.15) is 11.8 Å². The quantitative estimate of drug-likeness (QED) is 0.760. The van der Waals surface area contributed by atoms with Crippen molar-refractivity contribution < 1.29 is 4.79 Å². The molecular weight excluding hydrogens is 234 g/mol. The van der Waals surface area contributed by atoms with Crippen LogP contribution in [0.25, 0.3) is 0 Å². The SMILES string of the molecule is CSCC[C@@H](N)C(=O)N(C)CC1CCCN1C. The van der Waals surface area contributed by atoms with Crippen LogP contribution in [0.5, 0.6) is 0 Å². The van der Waals surface area contributed by atoms with Gasteiger partial charge in [0.1, 0.15) is 0 Å². The van der Waals surface area contributed by atoms with E-state index in [9.17, 15) is 4.79 Å². The van der Waals surface area contributed by atoms with Crippen LogP contribution in [0.15, 0.2) is 0 Å². The Balaban J connectivity index is 2.35. The lowest BCUT2D eigenvalue weighted by atomic mass is 10.1. The summed E-state index contributed by atoms with van der Waals surface area (Å²) in [4.78, 5) is 16.2. The molecule has 100 valence electrons. The summed E-state index contributed by atoms with van der Waals surface area (Å²) in [5.41, 5.74) is 5.89. The van der Waals surface area contributed by atoms with Gasteiger partial charge in [-0.1, -0.05) is 0 Å². The number of likely N-dealkylation sites (N-methyl/N-ethyl adjacent to an activating group) is 2. The fourth-order valence-electron chi connectivity index (χ4n) is 2.27. The third kappa shape index (κ3) is 4.48. The van der Waals surface area contributed by atoms with Gasteiger partial charge in [0.25, 0.3) is 0 Å². The molecule has 1 aliphatic rings. The highest BCUT2D eigenvalue weighted by Gasteiger charge is 2.25. The number of carbonyl (C=O) groups is 1. The summed E-state index contributed by atoms with van der Waals surface area (Å²) in [5.74, 6) is 1.03. The van der Waals surface area contributed by atoms with Gasteiger partial charge in [-0.25, -0.2) is 0 Å². The van der Waals surface area contributed by atoms with E-state index >= 15 is 0 Å². The number of likely N-dealkylation sites (tertiary alicyclic amines) is 1. The highest BCUT2D eigenvalue weighted by atomic mass is 32.2. The number of rotatable bonds is 6. The maximum Gasteiger partial charge on any atom is 0.239 e. The zero-order valence-corrected chi connectivity index (χ0v) is 12.0. The molecular formula is C12H25N3OS. The Kier molecular flexibility index (Phi) is 6.30. The Morgan fingerprint density at radius 3 is 2.88 bits per heavy atom. The third-order valence-electron chi connectivity index (χ3n) is 3.48. The van der Waals surface area contributed by atoms with Gasteiger partial charge in [0.05, 0.1) is 6.04 Å². The molecule has 1 aliphatic heterocycles. The number of hydrogen-bond acceptors (Lipinski definition) is 4. The molecule has 17 heavy (non-hydrogen) atoms. The lowest BCUT2D eigenvalue weighted by Crippen LogP contribution is -2.46. The fourth-order valence-corrected chi connectivity index (χ4v) is 2.76. The van der Waals surface area contributed by atoms with Crippen molar-refractivity contribution in [3.05, 3.63) is 0 Å². The molecule has 1 rings (SSSR count). The average Bonchev–Trinajstić information content (AvgIpc) is 2.70. The molecule has 0 aliphatic carbocycles. The number of thioether (sulfide) groups is 1. The minimum Gasteiger partial charge on any atom is -0.343 e. The van der Waals surface area contributed by atoms with E-state index in [1.54, 1.807) is 16.7 Å². The molecule has 0 saturated carbocycles. The van der Waals surface area contributed by atoms with Gasteiger partial charge in [-0.3, -0.25) is 4.79 Å². The molecule has 1 saturated heterocycles. The molecule has 0 radical (unpaired) electrons. The summed E-state index contributed by atoms with van der Waals surface area (Å²) in [6, 6.07) is 0.177. The number of amides is 1. The summed E-state index contributed by atoms with van der Waals surface area (Å²) >= 11 is 1.73. The average molecular weight is 259 g/mol. The number of hydrogen-bond donors (Lipinski definition) is 1. The maximum absolute atomic E-state index is 12.0. The van der Waals surface area contributed by atoms with E-state index in [1.807, 2.05) is 13.3 Å². The predicted molar refractivity (Wildman–Crippen MR) is 74.3 cm³/mol. The highest BCUT2D eigenvalue weighted by molar-refractivity contribution is 7.98. The Labute approximate surface area is 109 Å².